The van der Waals surface area contributed by atoms with E-state index in [0.29, 0.717) is 27.3 Å². The molecule has 0 atom stereocenters. The second-order valence-corrected chi connectivity index (χ2v) is 9.05. The van der Waals surface area contributed by atoms with Gasteiger partial charge in [-0.25, -0.2) is 9.82 Å². The van der Waals surface area contributed by atoms with Crippen LogP contribution >= 0.6 is 0 Å². The number of aromatic nitrogens is 3. The van der Waals surface area contributed by atoms with Crippen LogP contribution < -0.4 is 10.9 Å². The van der Waals surface area contributed by atoms with Crippen LogP contribution in [0.5, 0.6) is 0 Å². The monoisotopic (exact) mass is 483 g/mol. The Balaban J connectivity index is 1.51. The first-order valence-electron chi connectivity index (χ1n) is 12.2. The molecule has 6 rings (SSSR count). The minimum Gasteiger partial charge on any atom is -0.383 e. The molecule has 3 aromatic heterocycles. The molecule has 0 aliphatic carbocycles. The quantitative estimate of drug-likeness (QED) is 0.348. The summed E-state index contributed by atoms with van der Waals surface area (Å²) in [6.07, 6.45) is 4.55. The van der Waals surface area contributed by atoms with Crippen LogP contribution in [0, 0.1) is 4.91 Å². The van der Waals surface area contributed by atoms with Crippen LogP contribution in [0.15, 0.2) is 71.7 Å². The summed E-state index contributed by atoms with van der Waals surface area (Å²) < 4.78 is 3.63. The molecule has 0 amide bonds. The molecular formula is C27H27N6O3+. The summed E-state index contributed by atoms with van der Waals surface area (Å²) in [7, 11) is 1.31. The van der Waals surface area contributed by atoms with Gasteiger partial charge in [0.15, 0.2) is 12.8 Å². The smallest absolute Gasteiger partial charge is 0.316 e. The second kappa shape index (κ2) is 9.09. The van der Waals surface area contributed by atoms with Crippen molar-refractivity contribution in [2.75, 3.05) is 38.6 Å². The topological polar surface area (TPSA) is 83.9 Å². The first-order valence-corrected chi connectivity index (χ1v) is 12.2. The largest absolute Gasteiger partial charge is 0.383 e. The van der Waals surface area contributed by atoms with Gasteiger partial charge in [-0.05, 0) is 56.3 Å². The summed E-state index contributed by atoms with van der Waals surface area (Å²) in [4.78, 5) is 38.2. The molecule has 1 fully saturated rings. The lowest BCUT2D eigenvalue weighted by Crippen LogP contribution is -2.26. The summed E-state index contributed by atoms with van der Waals surface area (Å²) in [5.41, 5.74) is 3.96. The third-order valence-corrected chi connectivity index (χ3v) is 6.86. The SMILES string of the molecule is CO[N+](=O)c1ccc(-n2c(=O)c3ccccc3c3nc4ccc(NCCN5CCCC5)cn4c32)cc1. The summed E-state index contributed by atoms with van der Waals surface area (Å²) in [5.74, 6) is 0. The predicted molar refractivity (Wildman–Crippen MR) is 140 cm³/mol. The molecule has 9 heteroatoms. The second-order valence-electron chi connectivity index (χ2n) is 9.05. The molecule has 1 aliphatic rings. The van der Waals surface area contributed by atoms with E-state index in [1.165, 1.54) is 33.0 Å². The lowest BCUT2D eigenvalue weighted by atomic mass is 10.1. The van der Waals surface area contributed by atoms with Crippen molar-refractivity contribution >= 4 is 39.0 Å². The highest BCUT2D eigenvalue weighted by molar-refractivity contribution is 6.04. The van der Waals surface area contributed by atoms with Gasteiger partial charge in [-0.2, -0.15) is 0 Å². The molecule has 0 radical (unpaired) electrons. The van der Waals surface area contributed by atoms with Crippen LogP contribution in [0.1, 0.15) is 12.8 Å². The Kier molecular flexibility index (Phi) is 5.61. The molecule has 0 saturated carbocycles. The van der Waals surface area contributed by atoms with Crippen molar-refractivity contribution in [3.63, 3.8) is 0 Å². The third kappa shape index (κ3) is 3.77. The van der Waals surface area contributed by atoms with E-state index in [1.54, 1.807) is 28.8 Å². The van der Waals surface area contributed by atoms with E-state index in [4.69, 9.17) is 9.82 Å². The van der Waals surface area contributed by atoms with Crippen molar-refractivity contribution in [2.45, 2.75) is 12.8 Å². The number of anilines is 1. The van der Waals surface area contributed by atoms with E-state index in [9.17, 15) is 9.70 Å². The van der Waals surface area contributed by atoms with E-state index >= 15 is 0 Å². The number of hydrogen-bond donors (Lipinski definition) is 1. The number of fused-ring (bicyclic) bond motifs is 5. The van der Waals surface area contributed by atoms with Crippen LogP contribution in [0.2, 0.25) is 0 Å². The maximum Gasteiger partial charge on any atom is 0.316 e. The van der Waals surface area contributed by atoms with Gasteiger partial charge in [-0.1, -0.05) is 18.2 Å². The maximum absolute atomic E-state index is 13.8. The summed E-state index contributed by atoms with van der Waals surface area (Å²) in [5, 5.41) is 4.92. The molecule has 5 aromatic rings. The average molecular weight is 484 g/mol. The lowest BCUT2D eigenvalue weighted by molar-refractivity contribution is -0.736. The molecule has 1 aliphatic heterocycles. The number of pyridine rings is 2. The summed E-state index contributed by atoms with van der Waals surface area (Å²) in [6, 6.07) is 18.3. The predicted octanol–water partition coefficient (Wildman–Crippen LogP) is 4.27. The van der Waals surface area contributed by atoms with Gasteiger partial charge in [0, 0.05) is 42.2 Å². The van der Waals surface area contributed by atoms with Gasteiger partial charge >= 0.3 is 5.69 Å². The van der Waals surface area contributed by atoms with E-state index in [0.717, 1.165) is 35.3 Å². The number of likely N-dealkylation sites (tertiary alicyclic amines) is 1. The fourth-order valence-electron chi connectivity index (χ4n) is 5.06. The summed E-state index contributed by atoms with van der Waals surface area (Å²) >= 11 is 0. The van der Waals surface area contributed by atoms with Crippen molar-refractivity contribution < 1.29 is 9.76 Å². The van der Waals surface area contributed by atoms with Crippen LogP contribution in [0.3, 0.4) is 0 Å². The molecule has 2 aromatic carbocycles. The highest BCUT2D eigenvalue weighted by Crippen LogP contribution is 2.27. The van der Waals surface area contributed by atoms with Crippen molar-refractivity contribution in [2.24, 2.45) is 0 Å². The standard InChI is InChI=1S/C27H27N6O3/c1-36-33(35)21-11-9-20(10-12-21)32-26-25(22-6-2-3-7-23(22)27(32)34)29-24-13-8-19(18-31(24)26)28-14-17-30-15-4-5-16-30/h2-3,6-13,18,28H,4-5,14-17H2,1H3/q+1. The van der Waals surface area contributed by atoms with Crippen molar-refractivity contribution in [1.82, 2.24) is 18.9 Å². The Morgan fingerprint density at radius 2 is 1.75 bits per heavy atom. The molecule has 1 saturated heterocycles. The van der Waals surface area contributed by atoms with Gasteiger partial charge in [0.25, 0.3) is 10.5 Å². The van der Waals surface area contributed by atoms with Gasteiger partial charge in [-0.3, -0.25) is 13.8 Å². The van der Waals surface area contributed by atoms with Crippen molar-refractivity contribution in [1.29, 1.82) is 0 Å². The maximum atomic E-state index is 13.8. The van der Waals surface area contributed by atoms with Crippen molar-refractivity contribution in [3.05, 3.63) is 82.1 Å². The number of nitrogens with one attached hydrogen (secondary N) is 1. The minimum absolute atomic E-state index is 0.147. The van der Waals surface area contributed by atoms with E-state index in [2.05, 4.69) is 10.2 Å². The Bertz CT molecular complexity index is 1650. The van der Waals surface area contributed by atoms with Crippen LogP contribution in [0.25, 0.3) is 33.3 Å². The van der Waals surface area contributed by atoms with Crippen LogP contribution in [-0.2, 0) is 4.84 Å². The molecule has 0 spiro atoms. The third-order valence-electron chi connectivity index (χ3n) is 6.86. The Labute approximate surface area is 207 Å². The summed E-state index contributed by atoms with van der Waals surface area (Å²) in [6.45, 7) is 4.18. The van der Waals surface area contributed by atoms with Gasteiger partial charge in [0.1, 0.15) is 11.2 Å². The Morgan fingerprint density at radius 1 is 1.00 bits per heavy atom. The molecule has 4 heterocycles. The minimum atomic E-state index is -0.147. The molecule has 9 nitrogen and oxygen atoms in total. The number of rotatable bonds is 7. The molecule has 36 heavy (non-hydrogen) atoms. The van der Waals surface area contributed by atoms with E-state index in [-0.39, 0.29) is 5.56 Å². The average Bonchev–Trinajstić information content (AvgIpc) is 3.57. The molecule has 0 unspecified atom stereocenters. The lowest BCUT2D eigenvalue weighted by Gasteiger charge is -2.15. The Morgan fingerprint density at radius 3 is 2.50 bits per heavy atom. The zero-order valence-electron chi connectivity index (χ0n) is 20.1. The molecule has 0 bridgehead atoms. The Hall–Kier alpha value is -4.24. The van der Waals surface area contributed by atoms with Crippen molar-refractivity contribution in [3.8, 4) is 5.69 Å². The number of nitrogens with zero attached hydrogens (tertiary/aromatic N) is 5. The van der Waals surface area contributed by atoms with E-state index in [1.807, 2.05) is 47.0 Å². The fraction of sp³-hybridized carbons (Fsp3) is 0.259. The van der Waals surface area contributed by atoms with Gasteiger partial charge in [-0.15, -0.1) is 0 Å². The highest BCUT2D eigenvalue weighted by atomic mass is 16.8. The number of hydrogen-bond acceptors (Lipinski definition) is 6. The van der Waals surface area contributed by atoms with Gasteiger partial charge in [0.05, 0.1) is 16.3 Å². The van der Waals surface area contributed by atoms with Gasteiger partial charge in [0.2, 0.25) is 0 Å². The fourth-order valence-corrected chi connectivity index (χ4v) is 5.06. The number of benzene rings is 2. The first-order chi connectivity index (χ1) is 17.6. The first kappa shape index (κ1) is 22.2. The normalized spacial score (nSPS) is 14.1. The molecule has 182 valence electrons. The zero-order chi connectivity index (χ0) is 24.6. The molecule has 1 N–H and O–H groups in total. The zero-order valence-corrected chi connectivity index (χ0v) is 20.1. The molecular weight excluding hydrogens is 456 g/mol. The van der Waals surface area contributed by atoms with E-state index < -0.39 is 0 Å². The van der Waals surface area contributed by atoms with Gasteiger partial charge < -0.3 is 10.2 Å². The highest BCUT2D eigenvalue weighted by Gasteiger charge is 2.20. The van der Waals surface area contributed by atoms with Crippen LogP contribution in [0.4, 0.5) is 11.4 Å². The number of imidazole rings is 1. The van der Waals surface area contributed by atoms with Crippen LogP contribution in [-0.4, -0.2) is 57.1 Å².